The van der Waals surface area contributed by atoms with E-state index in [1.165, 1.54) is 5.56 Å². The number of hydrogen-bond donors (Lipinski definition) is 1. The molecule has 4 heteroatoms. The fraction of sp³-hybridized carbons (Fsp3) is 0.583. The molecule has 1 rings (SSSR count). The molecule has 0 fully saturated rings. The summed E-state index contributed by atoms with van der Waals surface area (Å²) in [6.45, 7) is 6.94. The molecular formula is C12H21N3S. The zero-order valence-corrected chi connectivity index (χ0v) is 11.0. The average Bonchev–Trinajstić information content (AvgIpc) is 2.70. The molecule has 0 bridgehead atoms. The normalized spacial score (nSPS) is 12.6. The predicted octanol–water partition coefficient (Wildman–Crippen LogP) is 2.38. The molecule has 1 aromatic heterocycles. The number of aryl methyl sites for hydroxylation is 1. The van der Waals surface area contributed by atoms with Crippen LogP contribution in [0.4, 0.5) is 0 Å². The lowest BCUT2D eigenvalue weighted by atomic mass is 10.1. The molecule has 0 amide bonds. The first-order valence-corrected chi connectivity index (χ1v) is 6.84. The van der Waals surface area contributed by atoms with Crippen LogP contribution < -0.4 is 5.32 Å². The number of rotatable bonds is 8. The van der Waals surface area contributed by atoms with Crippen molar-refractivity contribution in [3.8, 4) is 0 Å². The third-order valence-electron chi connectivity index (χ3n) is 2.41. The van der Waals surface area contributed by atoms with Crippen LogP contribution in [0.15, 0.2) is 25.0 Å². The minimum Gasteiger partial charge on any atom is -0.309 e. The van der Waals surface area contributed by atoms with Crippen LogP contribution in [-0.2, 0) is 7.05 Å². The van der Waals surface area contributed by atoms with Gasteiger partial charge in [0.2, 0.25) is 0 Å². The minimum atomic E-state index is 0.429. The highest BCUT2D eigenvalue weighted by molar-refractivity contribution is 7.99. The molecular weight excluding hydrogens is 218 g/mol. The Kier molecular flexibility index (Phi) is 6.26. The molecule has 0 aliphatic heterocycles. The van der Waals surface area contributed by atoms with E-state index in [1.807, 2.05) is 35.8 Å². The van der Waals surface area contributed by atoms with E-state index in [0.29, 0.717) is 6.04 Å². The summed E-state index contributed by atoms with van der Waals surface area (Å²) in [4.78, 5) is 0. The van der Waals surface area contributed by atoms with E-state index >= 15 is 0 Å². The molecule has 0 radical (unpaired) electrons. The Bertz CT molecular complexity index is 309. The SMILES string of the molecule is C=CCSCCNC(CC)c1cnn(C)c1. The van der Waals surface area contributed by atoms with Gasteiger partial charge in [-0.05, 0) is 6.42 Å². The van der Waals surface area contributed by atoms with E-state index < -0.39 is 0 Å². The van der Waals surface area contributed by atoms with Crippen LogP contribution in [0.25, 0.3) is 0 Å². The van der Waals surface area contributed by atoms with Crippen LogP contribution in [0, 0.1) is 0 Å². The van der Waals surface area contributed by atoms with Gasteiger partial charge >= 0.3 is 0 Å². The molecule has 3 nitrogen and oxygen atoms in total. The second-order valence-corrected chi connectivity index (χ2v) is 4.88. The standard InChI is InChI=1S/C12H21N3S/c1-4-7-16-8-6-13-12(5-2)11-9-14-15(3)10-11/h4,9-10,12-13H,1,5-8H2,2-3H3. The van der Waals surface area contributed by atoms with Gasteiger partial charge in [0.15, 0.2) is 0 Å². The van der Waals surface area contributed by atoms with Crippen LogP contribution in [0.3, 0.4) is 0 Å². The Morgan fingerprint density at radius 1 is 1.69 bits per heavy atom. The Labute approximate surface area is 102 Å². The van der Waals surface area contributed by atoms with Gasteiger partial charge in [0, 0.05) is 42.9 Å². The van der Waals surface area contributed by atoms with E-state index in [2.05, 4.69) is 30.1 Å². The maximum Gasteiger partial charge on any atom is 0.0537 e. The Morgan fingerprint density at radius 2 is 2.50 bits per heavy atom. The first kappa shape index (κ1) is 13.3. The van der Waals surface area contributed by atoms with Crippen molar-refractivity contribution in [3.63, 3.8) is 0 Å². The van der Waals surface area contributed by atoms with Crippen molar-refractivity contribution in [1.82, 2.24) is 15.1 Å². The number of thioether (sulfide) groups is 1. The largest absolute Gasteiger partial charge is 0.309 e. The zero-order valence-electron chi connectivity index (χ0n) is 10.1. The van der Waals surface area contributed by atoms with Crippen molar-refractivity contribution in [2.75, 3.05) is 18.1 Å². The van der Waals surface area contributed by atoms with E-state index in [0.717, 1.165) is 24.5 Å². The molecule has 1 atom stereocenters. The molecule has 16 heavy (non-hydrogen) atoms. The smallest absolute Gasteiger partial charge is 0.0537 e. The lowest BCUT2D eigenvalue weighted by Crippen LogP contribution is -2.23. The van der Waals surface area contributed by atoms with E-state index in [9.17, 15) is 0 Å². The van der Waals surface area contributed by atoms with Crippen LogP contribution >= 0.6 is 11.8 Å². The molecule has 90 valence electrons. The van der Waals surface area contributed by atoms with E-state index in [-0.39, 0.29) is 0 Å². The highest BCUT2D eigenvalue weighted by atomic mass is 32.2. The summed E-state index contributed by atoms with van der Waals surface area (Å²) >= 11 is 1.90. The highest BCUT2D eigenvalue weighted by Gasteiger charge is 2.09. The Balaban J connectivity index is 2.29. The van der Waals surface area contributed by atoms with Gasteiger partial charge in [0.25, 0.3) is 0 Å². The molecule has 0 aliphatic carbocycles. The van der Waals surface area contributed by atoms with Gasteiger partial charge in [-0.3, -0.25) is 4.68 Å². The molecule has 1 heterocycles. The molecule has 1 aromatic rings. The fourth-order valence-electron chi connectivity index (χ4n) is 1.59. The Morgan fingerprint density at radius 3 is 3.06 bits per heavy atom. The van der Waals surface area contributed by atoms with Crippen molar-refractivity contribution in [2.45, 2.75) is 19.4 Å². The summed E-state index contributed by atoms with van der Waals surface area (Å²) in [7, 11) is 1.95. The molecule has 0 saturated heterocycles. The van der Waals surface area contributed by atoms with E-state index in [4.69, 9.17) is 0 Å². The number of aromatic nitrogens is 2. The lowest BCUT2D eigenvalue weighted by Gasteiger charge is -2.14. The van der Waals surface area contributed by atoms with E-state index in [1.54, 1.807) is 0 Å². The van der Waals surface area contributed by atoms with Crippen molar-refractivity contribution < 1.29 is 0 Å². The van der Waals surface area contributed by atoms with Crippen molar-refractivity contribution in [1.29, 1.82) is 0 Å². The maximum atomic E-state index is 4.20. The first-order chi connectivity index (χ1) is 7.77. The van der Waals surface area contributed by atoms with Crippen molar-refractivity contribution in [2.24, 2.45) is 7.05 Å². The van der Waals surface area contributed by atoms with Crippen LogP contribution in [0.1, 0.15) is 24.9 Å². The first-order valence-electron chi connectivity index (χ1n) is 5.68. The number of nitrogens with one attached hydrogen (secondary N) is 1. The summed E-state index contributed by atoms with van der Waals surface area (Å²) in [6, 6.07) is 0.429. The molecule has 0 spiro atoms. The number of hydrogen-bond acceptors (Lipinski definition) is 3. The maximum absolute atomic E-state index is 4.20. The molecule has 1 N–H and O–H groups in total. The second kappa shape index (κ2) is 7.52. The number of nitrogens with zero attached hydrogens (tertiary/aromatic N) is 2. The van der Waals surface area contributed by atoms with Crippen molar-refractivity contribution in [3.05, 3.63) is 30.6 Å². The van der Waals surface area contributed by atoms with Crippen LogP contribution in [0.2, 0.25) is 0 Å². The van der Waals surface area contributed by atoms with Gasteiger partial charge in [-0.25, -0.2) is 0 Å². The minimum absolute atomic E-state index is 0.429. The quantitative estimate of drug-likeness (QED) is 0.558. The van der Waals surface area contributed by atoms with Gasteiger partial charge in [-0.15, -0.1) is 6.58 Å². The monoisotopic (exact) mass is 239 g/mol. The molecule has 0 aliphatic rings. The average molecular weight is 239 g/mol. The van der Waals surface area contributed by atoms with Gasteiger partial charge in [0.05, 0.1) is 6.20 Å². The summed E-state index contributed by atoms with van der Waals surface area (Å²) in [5.74, 6) is 2.16. The van der Waals surface area contributed by atoms with Gasteiger partial charge in [0.1, 0.15) is 0 Å². The third kappa shape index (κ3) is 4.41. The van der Waals surface area contributed by atoms with Gasteiger partial charge < -0.3 is 5.32 Å². The topological polar surface area (TPSA) is 29.9 Å². The van der Waals surface area contributed by atoms with Crippen LogP contribution in [-0.4, -0.2) is 27.8 Å². The summed E-state index contributed by atoms with van der Waals surface area (Å²) < 4.78 is 1.85. The molecule has 0 aromatic carbocycles. The van der Waals surface area contributed by atoms with Crippen LogP contribution in [0.5, 0.6) is 0 Å². The summed E-state index contributed by atoms with van der Waals surface area (Å²) in [5, 5.41) is 7.75. The Hall–Kier alpha value is -0.740. The third-order valence-corrected chi connectivity index (χ3v) is 3.37. The predicted molar refractivity (Wildman–Crippen MR) is 71.8 cm³/mol. The zero-order chi connectivity index (χ0) is 11.8. The second-order valence-electron chi connectivity index (χ2n) is 3.73. The molecule has 1 unspecified atom stereocenters. The summed E-state index contributed by atoms with van der Waals surface area (Å²) in [5.41, 5.74) is 1.28. The summed E-state index contributed by atoms with van der Waals surface area (Å²) in [6.07, 6.45) is 7.07. The molecule has 0 saturated carbocycles. The fourth-order valence-corrected chi connectivity index (χ4v) is 2.19. The highest BCUT2D eigenvalue weighted by Crippen LogP contribution is 2.15. The van der Waals surface area contributed by atoms with Crippen molar-refractivity contribution >= 4 is 11.8 Å². The van der Waals surface area contributed by atoms with Gasteiger partial charge in [-0.2, -0.15) is 16.9 Å². The van der Waals surface area contributed by atoms with Gasteiger partial charge in [-0.1, -0.05) is 13.0 Å². The lowest BCUT2D eigenvalue weighted by molar-refractivity contribution is 0.539.